The predicted octanol–water partition coefficient (Wildman–Crippen LogP) is 3.16. The van der Waals surface area contributed by atoms with E-state index in [1.807, 2.05) is 63.2 Å². The lowest BCUT2D eigenvalue weighted by Crippen LogP contribution is -2.42. The molecule has 0 fully saturated rings. The summed E-state index contributed by atoms with van der Waals surface area (Å²) in [5, 5.41) is 11.7. The van der Waals surface area contributed by atoms with Crippen LogP contribution >= 0.6 is 0 Å². The summed E-state index contributed by atoms with van der Waals surface area (Å²) in [5.41, 5.74) is 1.05. The van der Waals surface area contributed by atoms with Gasteiger partial charge in [0.15, 0.2) is 5.76 Å². The van der Waals surface area contributed by atoms with Crippen molar-refractivity contribution in [2.45, 2.75) is 39.5 Å². The van der Waals surface area contributed by atoms with Crippen LogP contribution in [0.3, 0.4) is 0 Å². The Morgan fingerprint density at radius 2 is 1.79 bits per heavy atom. The van der Waals surface area contributed by atoms with Gasteiger partial charge in [0.25, 0.3) is 5.91 Å². The first-order chi connectivity index (χ1) is 13.4. The number of furan rings is 1. The zero-order chi connectivity index (χ0) is 20.9. The van der Waals surface area contributed by atoms with Crippen molar-refractivity contribution in [1.82, 2.24) is 10.2 Å². The average molecular weight is 390 g/mol. The molecule has 0 bridgehead atoms. The fourth-order valence-corrected chi connectivity index (χ4v) is 2.49. The molecular weight excluding hydrogens is 360 g/mol. The van der Waals surface area contributed by atoms with E-state index in [0.29, 0.717) is 18.9 Å². The molecule has 154 valence electrons. The third-order valence-electron chi connectivity index (χ3n) is 3.58. The molecule has 2 aromatic rings. The Kier molecular flexibility index (Phi) is 10.6. The van der Waals surface area contributed by atoms with Gasteiger partial charge < -0.3 is 24.5 Å². The molecule has 2 rings (SSSR count). The van der Waals surface area contributed by atoms with E-state index in [4.69, 9.17) is 14.3 Å². The molecule has 0 saturated heterocycles. The summed E-state index contributed by atoms with van der Waals surface area (Å²) in [6, 6.07) is 12.5. The molecule has 0 aliphatic rings. The third kappa shape index (κ3) is 8.83. The van der Waals surface area contributed by atoms with E-state index in [0.717, 1.165) is 5.56 Å². The smallest absolute Gasteiger partial charge is 0.305 e. The molecule has 1 amide bonds. The number of carbonyl (C=O) groups excluding carboxylic acids is 1. The second-order valence-corrected chi connectivity index (χ2v) is 6.27. The highest BCUT2D eigenvalue weighted by Crippen LogP contribution is 2.11. The molecule has 2 N–H and O–H groups in total. The predicted molar refractivity (Wildman–Crippen MR) is 107 cm³/mol. The van der Waals surface area contributed by atoms with Crippen molar-refractivity contribution < 1.29 is 23.8 Å². The Morgan fingerprint density at radius 1 is 1.11 bits per heavy atom. The van der Waals surface area contributed by atoms with Crippen molar-refractivity contribution in [3.63, 3.8) is 0 Å². The van der Waals surface area contributed by atoms with E-state index >= 15 is 0 Å². The molecule has 0 spiro atoms. The normalized spacial score (nSPS) is 11.5. The fraction of sp³-hybridized carbons (Fsp3) is 0.429. The Labute approximate surface area is 166 Å². The SMILES string of the molecule is CC.CN(C)CC(CC(=O)O)NC(=O)c1ccc(COCc2ccccc2)o1. The van der Waals surface area contributed by atoms with Crippen molar-refractivity contribution in [2.75, 3.05) is 20.6 Å². The van der Waals surface area contributed by atoms with Crippen LogP contribution in [0.15, 0.2) is 46.9 Å². The van der Waals surface area contributed by atoms with Crippen LogP contribution in [0.4, 0.5) is 0 Å². The quantitative estimate of drug-likeness (QED) is 0.647. The molecule has 0 saturated carbocycles. The fourth-order valence-electron chi connectivity index (χ4n) is 2.49. The number of hydrogen-bond donors (Lipinski definition) is 2. The Morgan fingerprint density at radius 3 is 2.39 bits per heavy atom. The number of likely N-dealkylation sites (N-methyl/N-ethyl adjacent to an activating group) is 1. The van der Waals surface area contributed by atoms with Crippen LogP contribution in [0.2, 0.25) is 0 Å². The maximum Gasteiger partial charge on any atom is 0.305 e. The number of nitrogens with one attached hydrogen (secondary N) is 1. The monoisotopic (exact) mass is 390 g/mol. The lowest BCUT2D eigenvalue weighted by atomic mass is 10.2. The van der Waals surface area contributed by atoms with Gasteiger partial charge in [-0.1, -0.05) is 44.2 Å². The minimum Gasteiger partial charge on any atom is -0.481 e. The van der Waals surface area contributed by atoms with E-state index in [2.05, 4.69) is 5.32 Å². The van der Waals surface area contributed by atoms with Crippen LogP contribution in [0.1, 0.15) is 42.1 Å². The molecule has 1 heterocycles. The second kappa shape index (κ2) is 12.7. The van der Waals surface area contributed by atoms with Gasteiger partial charge in [-0.3, -0.25) is 9.59 Å². The number of carboxylic acid groups (broad SMARTS) is 1. The molecule has 0 radical (unpaired) electrons. The summed E-state index contributed by atoms with van der Waals surface area (Å²) in [4.78, 5) is 25.0. The average Bonchev–Trinajstić information content (AvgIpc) is 3.12. The first-order valence-electron chi connectivity index (χ1n) is 9.32. The van der Waals surface area contributed by atoms with Crippen LogP contribution < -0.4 is 5.32 Å². The zero-order valence-corrected chi connectivity index (χ0v) is 17.0. The number of hydrogen-bond acceptors (Lipinski definition) is 5. The largest absolute Gasteiger partial charge is 0.481 e. The molecule has 1 aromatic heterocycles. The van der Waals surface area contributed by atoms with Gasteiger partial charge in [0.2, 0.25) is 0 Å². The van der Waals surface area contributed by atoms with Crippen molar-refractivity contribution in [3.05, 3.63) is 59.5 Å². The van der Waals surface area contributed by atoms with Crippen molar-refractivity contribution in [1.29, 1.82) is 0 Å². The van der Waals surface area contributed by atoms with E-state index in [-0.39, 0.29) is 18.8 Å². The Bertz CT molecular complexity index is 713. The number of aliphatic carboxylic acids is 1. The minimum atomic E-state index is -0.966. The molecule has 1 atom stereocenters. The van der Waals surface area contributed by atoms with Gasteiger partial charge in [-0.15, -0.1) is 0 Å². The van der Waals surface area contributed by atoms with Gasteiger partial charge in [0.1, 0.15) is 12.4 Å². The van der Waals surface area contributed by atoms with Crippen molar-refractivity contribution in [3.8, 4) is 0 Å². The Hall–Kier alpha value is -2.64. The molecule has 7 heteroatoms. The van der Waals surface area contributed by atoms with Crippen LogP contribution in [0, 0.1) is 0 Å². The summed E-state index contributed by atoms with van der Waals surface area (Å²) >= 11 is 0. The van der Waals surface area contributed by atoms with E-state index in [9.17, 15) is 9.59 Å². The molecule has 1 unspecified atom stereocenters. The molecular formula is C21H30N2O5. The van der Waals surface area contributed by atoms with Gasteiger partial charge in [0.05, 0.1) is 19.1 Å². The summed E-state index contributed by atoms with van der Waals surface area (Å²) in [7, 11) is 3.63. The van der Waals surface area contributed by atoms with Crippen LogP contribution in [-0.4, -0.2) is 48.6 Å². The summed E-state index contributed by atoms with van der Waals surface area (Å²) in [6.45, 7) is 5.12. The minimum absolute atomic E-state index is 0.137. The van der Waals surface area contributed by atoms with Gasteiger partial charge in [-0.05, 0) is 31.8 Å². The number of amides is 1. The topological polar surface area (TPSA) is 92.0 Å². The number of rotatable bonds is 10. The van der Waals surface area contributed by atoms with Crippen LogP contribution in [0.25, 0.3) is 0 Å². The maximum absolute atomic E-state index is 12.3. The highest BCUT2D eigenvalue weighted by Gasteiger charge is 2.19. The maximum atomic E-state index is 12.3. The second-order valence-electron chi connectivity index (χ2n) is 6.27. The van der Waals surface area contributed by atoms with Gasteiger partial charge >= 0.3 is 5.97 Å². The van der Waals surface area contributed by atoms with Crippen LogP contribution in [0.5, 0.6) is 0 Å². The number of ether oxygens (including phenoxy) is 1. The van der Waals surface area contributed by atoms with Gasteiger partial charge in [-0.2, -0.15) is 0 Å². The highest BCUT2D eigenvalue weighted by molar-refractivity contribution is 5.92. The zero-order valence-electron chi connectivity index (χ0n) is 17.0. The number of benzene rings is 1. The molecule has 0 aliphatic heterocycles. The number of carbonyl (C=O) groups is 2. The van der Waals surface area contributed by atoms with Gasteiger partial charge in [0, 0.05) is 6.54 Å². The lowest BCUT2D eigenvalue weighted by molar-refractivity contribution is -0.137. The van der Waals surface area contributed by atoms with Crippen molar-refractivity contribution in [2.24, 2.45) is 0 Å². The lowest BCUT2D eigenvalue weighted by Gasteiger charge is -2.20. The molecule has 7 nitrogen and oxygen atoms in total. The summed E-state index contributed by atoms with van der Waals surface area (Å²) in [5.74, 6) is -0.732. The number of nitrogens with zero attached hydrogens (tertiary/aromatic N) is 1. The molecule has 1 aromatic carbocycles. The molecule has 0 aliphatic carbocycles. The van der Waals surface area contributed by atoms with Crippen molar-refractivity contribution >= 4 is 11.9 Å². The first-order valence-corrected chi connectivity index (χ1v) is 9.32. The third-order valence-corrected chi connectivity index (χ3v) is 3.58. The number of carboxylic acids is 1. The van der Waals surface area contributed by atoms with E-state index in [1.165, 1.54) is 0 Å². The van der Waals surface area contributed by atoms with E-state index < -0.39 is 17.9 Å². The van der Waals surface area contributed by atoms with Crippen LogP contribution in [-0.2, 0) is 22.7 Å². The first kappa shape index (κ1) is 23.4. The summed E-state index contributed by atoms with van der Waals surface area (Å²) < 4.78 is 11.1. The van der Waals surface area contributed by atoms with E-state index in [1.54, 1.807) is 12.1 Å². The standard InChI is InChI=1S/C19H24N2O5.C2H6/c1-21(2)11-15(10-18(22)23)20-19(24)17-9-8-16(26-17)13-25-12-14-6-4-3-5-7-14;1-2/h3-9,15H,10-13H2,1-2H3,(H,20,24)(H,22,23);1-2H3. The highest BCUT2D eigenvalue weighted by atomic mass is 16.5. The Balaban J connectivity index is 0.00000190. The summed E-state index contributed by atoms with van der Waals surface area (Å²) in [6.07, 6.45) is -0.155. The van der Waals surface area contributed by atoms with Gasteiger partial charge in [-0.25, -0.2) is 0 Å². The molecule has 28 heavy (non-hydrogen) atoms.